The summed E-state index contributed by atoms with van der Waals surface area (Å²) in [5, 5.41) is 4.51. The van der Waals surface area contributed by atoms with E-state index in [9.17, 15) is 4.79 Å². The fraction of sp³-hybridized carbons (Fsp3) is 0.348. The molecule has 0 unspecified atom stereocenters. The van der Waals surface area contributed by atoms with Gasteiger partial charge in [0, 0.05) is 45.0 Å². The molecule has 31 heavy (non-hydrogen) atoms. The first-order valence-corrected chi connectivity index (χ1v) is 10.4. The summed E-state index contributed by atoms with van der Waals surface area (Å²) in [7, 11) is 3.62. The van der Waals surface area contributed by atoms with Crippen molar-refractivity contribution in [2.75, 3.05) is 13.2 Å². The quantitative estimate of drug-likeness (QED) is 0.507. The Kier molecular flexibility index (Phi) is 4.86. The number of aromatic nitrogens is 5. The van der Waals surface area contributed by atoms with Gasteiger partial charge in [-0.25, -0.2) is 4.98 Å². The van der Waals surface area contributed by atoms with E-state index in [2.05, 4.69) is 10.1 Å². The predicted octanol–water partition coefficient (Wildman–Crippen LogP) is 3.43. The molecule has 0 saturated carbocycles. The number of hydrogen-bond donors (Lipinski definition) is 0. The van der Waals surface area contributed by atoms with Gasteiger partial charge in [0.25, 0.3) is 5.56 Å². The molecule has 4 heterocycles. The first-order valence-electron chi connectivity index (χ1n) is 10.4. The Morgan fingerprint density at radius 2 is 1.84 bits per heavy atom. The van der Waals surface area contributed by atoms with Gasteiger partial charge < -0.3 is 9.47 Å². The molecule has 0 radical (unpaired) electrons. The van der Waals surface area contributed by atoms with E-state index >= 15 is 0 Å². The zero-order valence-corrected chi connectivity index (χ0v) is 17.9. The van der Waals surface area contributed by atoms with Crippen LogP contribution in [0.4, 0.5) is 0 Å². The van der Waals surface area contributed by atoms with Crippen molar-refractivity contribution in [3.63, 3.8) is 0 Å². The van der Waals surface area contributed by atoms with E-state index in [0.717, 1.165) is 48.7 Å². The molecule has 3 aromatic heterocycles. The fourth-order valence-corrected chi connectivity index (χ4v) is 4.18. The first kappa shape index (κ1) is 19.6. The molecule has 5 rings (SSSR count). The average Bonchev–Trinajstić information content (AvgIpc) is 3.35. The molecular weight excluding hydrogens is 394 g/mol. The molecule has 1 aliphatic rings. The summed E-state index contributed by atoms with van der Waals surface area (Å²) in [5.74, 6) is 2.28. The monoisotopic (exact) mass is 419 g/mol. The van der Waals surface area contributed by atoms with Crippen LogP contribution in [0.25, 0.3) is 16.8 Å². The first-order chi connectivity index (χ1) is 15.0. The van der Waals surface area contributed by atoms with Crippen molar-refractivity contribution < 1.29 is 9.47 Å². The van der Waals surface area contributed by atoms with Crippen LogP contribution in [-0.4, -0.2) is 36.9 Å². The van der Waals surface area contributed by atoms with Gasteiger partial charge in [0.05, 0.1) is 18.1 Å². The molecule has 160 valence electrons. The minimum absolute atomic E-state index is 0.135. The lowest BCUT2D eigenvalue weighted by atomic mass is 10.00. The van der Waals surface area contributed by atoms with Crippen LogP contribution in [-0.2, 0) is 18.8 Å². The fourth-order valence-electron chi connectivity index (χ4n) is 4.18. The Labute approximate surface area is 179 Å². The van der Waals surface area contributed by atoms with Crippen LogP contribution in [0.2, 0.25) is 0 Å². The molecule has 0 spiro atoms. The van der Waals surface area contributed by atoms with Crippen molar-refractivity contribution in [2.45, 2.75) is 25.7 Å². The second-order valence-electron chi connectivity index (χ2n) is 8.05. The Bertz CT molecular complexity index is 1290. The minimum Gasteiger partial charge on any atom is -0.439 e. The Morgan fingerprint density at radius 1 is 1.10 bits per heavy atom. The van der Waals surface area contributed by atoms with Gasteiger partial charge >= 0.3 is 0 Å². The smallest absolute Gasteiger partial charge is 0.279 e. The predicted molar refractivity (Wildman–Crippen MR) is 117 cm³/mol. The van der Waals surface area contributed by atoms with Crippen molar-refractivity contribution in [1.29, 1.82) is 0 Å². The molecule has 0 N–H and O–H groups in total. The summed E-state index contributed by atoms with van der Waals surface area (Å²) in [5.41, 5.74) is 3.50. The summed E-state index contributed by atoms with van der Waals surface area (Å²) in [6.07, 6.45) is 7.30. The van der Waals surface area contributed by atoms with E-state index in [1.165, 1.54) is 4.57 Å². The largest absolute Gasteiger partial charge is 0.439 e. The van der Waals surface area contributed by atoms with E-state index in [1.54, 1.807) is 17.9 Å². The Balaban J connectivity index is 1.48. The highest BCUT2D eigenvalue weighted by Crippen LogP contribution is 2.29. The van der Waals surface area contributed by atoms with Gasteiger partial charge in [-0.2, -0.15) is 5.10 Å². The highest BCUT2D eigenvalue weighted by molar-refractivity contribution is 5.63. The normalized spacial score (nSPS) is 14.9. The SMILES string of the molecule is Cc1cn(C)nc1-c1ccc(Oc2cn3c(C4CCOCC4)ncc3c(=O)n2C)cc1. The van der Waals surface area contributed by atoms with Crippen LogP contribution < -0.4 is 10.3 Å². The van der Waals surface area contributed by atoms with Crippen LogP contribution in [0.5, 0.6) is 11.6 Å². The lowest BCUT2D eigenvalue weighted by Gasteiger charge is -2.21. The van der Waals surface area contributed by atoms with E-state index in [0.29, 0.717) is 17.1 Å². The van der Waals surface area contributed by atoms with Crippen LogP contribution >= 0.6 is 0 Å². The number of imidazole rings is 1. The van der Waals surface area contributed by atoms with Crippen molar-refractivity contribution in [1.82, 2.24) is 23.7 Å². The second-order valence-corrected chi connectivity index (χ2v) is 8.05. The van der Waals surface area contributed by atoms with E-state index < -0.39 is 0 Å². The lowest BCUT2D eigenvalue weighted by Crippen LogP contribution is -2.22. The maximum atomic E-state index is 12.9. The van der Waals surface area contributed by atoms with Crippen molar-refractivity contribution in [3.8, 4) is 22.9 Å². The molecule has 4 aromatic rings. The topological polar surface area (TPSA) is 75.6 Å². The van der Waals surface area contributed by atoms with E-state index in [1.807, 2.05) is 55.0 Å². The third-order valence-electron chi connectivity index (χ3n) is 5.87. The number of fused-ring (bicyclic) bond motifs is 1. The summed E-state index contributed by atoms with van der Waals surface area (Å²) in [6.45, 7) is 3.48. The zero-order valence-electron chi connectivity index (χ0n) is 17.9. The maximum Gasteiger partial charge on any atom is 0.279 e. The molecule has 1 aromatic carbocycles. The van der Waals surface area contributed by atoms with Crippen molar-refractivity contribution >= 4 is 5.52 Å². The lowest BCUT2D eigenvalue weighted by molar-refractivity contribution is 0.0834. The molecule has 1 saturated heterocycles. The second kappa shape index (κ2) is 7.70. The summed E-state index contributed by atoms with van der Waals surface area (Å²) < 4.78 is 16.8. The Hall–Kier alpha value is -3.39. The summed E-state index contributed by atoms with van der Waals surface area (Å²) in [4.78, 5) is 17.5. The van der Waals surface area contributed by atoms with E-state index in [-0.39, 0.29) is 11.5 Å². The maximum absolute atomic E-state index is 12.9. The molecule has 0 bridgehead atoms. The number of hydrogen-bond acceptors (Lipinski definition) is 5. The van der Waals surface area contributed by atoms with E-state index in [4.69, 9.17) is 9.47 Å². The van der Waals surface area contributed by atoms with Crippen molar-refractivity contribution in [2.24, 2.45) is 14.1 Å². The van der Waals surface area contributed by atoms with Crippen LogP contribution in [0.15, 0.2) is 47.7 Å². The van der Waals surface area contributed by atoms with Gasteiger partial charge in [-0.1, -0.05) is 0 Å². The standard InChI is InChI=1S/C23H25N5O3/c1-15-13-26(2)25-21(15)16-4-6-18(7-5-16)31-20-14-28-19(23(29)27(20)3)12-24-22(28)17-8-10-30-11-9-17/h4-7,12-14,17H,8-11H2,1-3H3. The Morgan fingerprint density at radius 3 is 2.52 bits per heavy atom. The summed E-state index contributed by atoms with van der Waals surface area (Å²) >= 11 is 0. The van der Waals surface area contributed by atoms with Gasteiger partial charge in [-0.05, 0) is 49.6 Å². The molecule has 8 heteroatoms. The molecule has 0 amide bonds. The van der Waals surface area contributed by atoms with Gasteiger partial charge in [0.1, 0.15) is 17.1 Å². The van der Waals surface area contributed by atoms with Gasteiger partial charge in [0.2, 0.25) is 5.88 Å². The number of aryl methyl sites for hydroxylation is 2. The minimum atomic E-state index is -0.135. The van der Waals surface area contributed by atoms with Crippen LogP contribution in [0.3, 0.4) is 0 Å². The molecule has 1 fully saturated rings. The number of rotatable bonds is 4. The molecule has 0 aliphatic carbocycles. The molecule has 8 nitrogen and oxygen atoms in total. The third-order valence-corrected chi connectivity index (χ3v) is 5.87. The highest BCUT2D eigenvalue weighted by atomic mass is 16.5. The van der Waals surface area contributed by atoms with Crippen molar-refractivity contribution in [3.05, 3.63) is 64.6 Å². The number of benzene rings is 1. The van der Waals surface area contributed by atoms with Gasteiger partial charge in [-0.3, -0.25) is 18.4 Å². The molecular formula is C23H25N5O3. The van der Waals surface area contributed by atoms with Gasteiger partial charge in [-0.15, -0.1) is 0 Å². The molecule has 1 aliphatic heterocycles. The van der Waals surface area contributed by atoms with Crippen LogP contribution in [0, 0.1) is 6.92 Å². The highest BCUT2D eigenvalue weighted by Gasteiger charge is 2.22. The zero-order chi connectivity index (χ0) is 21.5. The third kappa shape index (κ3) is 3.53. The van der Waals surface area contributed by atoms with Crippen LogP contribution in [0.1, 0.15) is 30.1 Å². The van der Waals surface area contributed by atoms with Gasteiger partial charge in [0.15, 0.2) is 0 Å². The number of nitrogens with zero attached hydrogens (tertiary/aromatic N) is 5. The average molecular weight is 419 g/mol. The molecule has 0 atom stereocenters. The summed E-state index contributed by atoms with van der Waals surface area (Å²) in [6, 6.07) is 7.74. The number of ether oxygens (including phenoxy) is 2.